The highest BCUT2D eigenvalue weighted by Gasteiger charge is 2.16. The fourth-order valence-electron chi connectivity index (χ4n) is 3.47. The Hall–Kier alpha value is -3.87. The van der Waals surface area contributed by atoms with Gasteiger partial charge in [0.25, 0.3) is 5.91 Å². The molecule has 0 aliphatic rings. The van der Waals surface area contributed by atoms with Gasteiger partial charge in [0.1, 0.15) is 6.54 Å². The first-order chi connectivity index (χ1) is 15.3. The van der Waals surface area contributed by atoms with Crippen LogP contribution in [0, 0.1) is 20.8 Å². The lowest BCUT2D eigenvalue weighted by Gasteiger charge is -2.16. The molecule has 0 fully saturated rings. The summed E-state index contributed by atoms with van der Waals surface area (Å²) in [4.78, 5) is 36.2. The third-order valence-electron chi connectivity index (χ3n) is 5.14. The van der Waals surface area contributed by atoms with Crippen molar-refractivity contribution >= 4 is 23.5 Å². The first-order valence-electron chi connectivity index (χ1n) is 10.3. The van der Waals surface area contributed by atoms with Gasteiger partial charge in [-0.1, -0.05) is 23.8 Å². The van der Waals surface area contributed by atoms with Crippen LogP contribution in [0.25, 0.3) is 5.69 Å². The van der Waals surface area contributed by atoms with E-state index in [0.29, 0.717) is 11.3 Å². The Morgan fingerprint density at radius 2 is 1.56 bits per heavy atom. The van der Waals surface area contributed by atoms with Crippen LogP contribution >= 0.6 is 0 Å². The molecule has 1 aromatic heterocycles. The number of esters is 1. The summed E-state index contributed by atoms with van der Waals surface area (Å²) in [6.45, 7) is 5.81. The van der Waals surface area contributed by atoms with Crippen LogP contribution in [0.1, 0.15) is 32.9 Å². The Balaban J connectivity index is 1.72. The molecule has 0 aliphatic carbocycles. The Bertz CT molecular complexity index is 1130. The predicted octanol–water partition coefficient (Wildman–Crippen LogP) is 3.49. The third kappa shape index (κ3) is 5.43. The van der Waals surface area contributed by atoms with Crippen LogP contribution in [0.4, 0.5) is 5.69 Å². The largest absolute Gasteiger partial charge is 0.468 e. The van der Waals surface area contributed by atoms with Crippen LogP contribution in [0.2, 0.25) is 0 Å². The lowest BCUT2D eigenvalue weighted by molar-refractivity contribution is -0.141. The first-order valence-corrected chi connectivity index (χ1v) is 10.3. The van der Waals surface area contributed by atoms with Crippen molar-refractivity contribution in [2.75, 3.05) is 19.0 Å². The number of hydrogen-bond acceptors (Lipinski definition) is 4. The zero-order chi connectivity index (χ0) is 23.3. The van der Waals surface area contributed by atoms with Gasteiger partial charge >= 0.3 is 5.97 Å². The number of carbonyl (C=O) groups is 3. The molecule has 2 aromatic carbocycles. The maximum absolute atomic E-state index is 13.1. The number of anilines is 1. The number of aryl methyl sites for hydroxylation is 3. The summed E-state index contributed by atoms with van der Waals surface area (Å²) in [5.74, 6) is -0.994. The van der Waals surface area contributed by atoms with E-state index in [1.54, 1.807) is 24.3 Å². The monoisotopic (exact) mass is 433 g/mol. The molecule has 0 saturated heterocycles. The standard InChI is InChI=1S/C25H27N3O4/c1-16-5-12-22(28-17(2)6-7-18(28)3)21(13-16)25(31)27-20-10-8-19(9-11-20)14-23(29)26-15-24(30)32-4/h5-13H,14-15H2,1-4H3,(H,26,29)(H,27,31). The highest BCUT2D eigenvalue weighted by atomic mass is 16.5. The third-order valence-corrected chi connectivity index (χ3v) is 5.14. The predicted molar refractivity (Wildman–Crippen MR) is 123 cm³/mol. The summed E-state index contributed by atoms with van der Waals surface area (Å²) in [7, 11) is 1.27. The molecule has 7 nitrogen and oxygen atoms in total. The van der Waals surface area contributed by atoms with Gasteiger partial charge < -0.3 is 19.9 Å². The van der Waals surface area contributed by atoms with Crippen molar-refractivity contribution in [3.8, 4) is 5.69 Å². The molecule has 0 aliphatic heterocycles. The quantitative estimate of drug-likeness (QED) is 0.558. The van der Waals surface area contributed by atoms with Crippen molar-refractivity contribution < 1.29 is 19.1 Å². The Kier molecular flexibility index (Phi) is 7.10. The Morgan fingerprint density at radius 3 is 2.19 bits per heavy atom. The van der Waals surface area contributed by atoms with E-state index in [4.69, 9.17) is 0 Å². The van der Waals surface area contributed by atoms with Gasteiger partial charge in [-0.25, -0.2) is 0 Å². The number of ether oxygens (including phenoxy) is 1. The molecule has 3 rings (SSSR count). The van der Waals surface area contributed by atoms with Crippen LogP contribution in [0.5, 0.6) is 0 Å². The lowest BCUT2D eigenvalue weighted by atomic mass is 10.1. The van der Waals surface area contributed by atoms with Crippen molar-refractivity contribution in [3.05, 3.63) is 82.7 Å². The molecule has 2 N–H and O–H groups in total. The van der Waals surface area contributed by atoms with Crippen molar-refractivity contribution in [1.82, 2.24) is 9.88 Å². The summed E-state index contributed by atoms with van der Waals surface area (Å²) in [6.07, 6.45) is 0.124. The number of hydrogen-bond donors (Lipinski definition) is 2. The molecule has 0 spiro atoms. The van der Waals surface area contributed by atoms with Crippen LogP contribution in [-0.2, 0) is 20.7 Å². The highest BCUT2D eigenvalue weighted by Crippen LogP contribution is 2.23. The Labute approximate surface area is 187 Å². The number of benzene rings is 2. The van der Waals surface area contributed by atoms with E-state index in [1.165, 1.54) is 7.11 Å². The molecule has 2 amide bonds. The van der Waals surface area contributed by atoms with Crippen molar-refractivity contribution in [2.45, 2.75) is 27.2 Å². The van der Waals surface area contributed by atoms with Gasteiger partial charge in [-0.15, -0.1) is 0 Å². The van der Waals surface area contributed by atoms with Gasteiger partial charge in [0.15, 0.2) is 0 Å². The van der Waals surface area contributed by atoms with E-state index in [0.717, 1.165) is 28.2 Å². The second-order valence-electron chi connectivity index (χ2n) is 7.65. The summed E-state index contributed by atoms with van der Waals surface area (Å²) in [5.41, 5.74) is 5.90. The minimum absolute atomic E-state index is 0.124. The summed E-state index contributed by atoms with van der Waals surface area (Å²) in [6, 6.07) is 16.9. The number of aromatic nitrogens is 1. The number of amides is 2. The van der Waals surface area contributed by atoms with E-state index >= 15 is 0 Å². The lowest BCUT2D eigenvalue weighted by Crippen LogP contribution is -2.31. The van der Waals surface area contributed by atoms with E-state index in [2.05, 4.69) is 19.9 Å². The van der Waals surface area contributed by atoms with E-state index in [1.807, 2.05) is 51.1 Å². The fraction of sp³-hybridized carbons (Fsp3) is 0.240. The average Bonchev–Trinajstić information content (AvgIpc) is 3.11. The fourth-order valence-corrected chi connectivity index (χ4v) is 3.47. The maximum Gasteiger partial charge on any atom is 0.325 e. The van der Waals surface area contributed by atoms with E-state index in [9.17, 15) is 14.4 Å². The second-order valence-corrected chi connectivity index (χ2v) is 7.65. The molecule has 32 heavy (non-hydrogen) atoms. The smallest absolute Gasteiger partial charge is 0.325 e. The molecular weight excluding hydrogens is 406 g/mol. The number of nitrogens with zero attached hydrogens (tertiary/aromatic N) is 1. The number of nitrogens with one attached hydrogen (secondary N) is 2. The number of methoxy groups -OCH3 is 1. The number of rotatable bonds is 7. The summed E-state index contributed by atoms with van der Waals surface area (Å²) >= 11 is 0. The summed E-state index contributed by atoms with van der Waals surface area (Å²) < 4.78 is 6.56. The van der Waals surface area contributed by atoms with Crippen LogP contribution < -0.4 is 10.6 Å². The molecule has 7 heteroatoms. The SMILES string of the molecule is COC(=O)CNC(=O)Cc1ccc(NC(=O)c2cc(C)ccc2-n2c(C)ccc2C)cc1. The minimum atomic E-state index is -0.503. The van der Waals surface area contributed by atoms with E-state index < -0.39 is 5.97 Å². The Morgan fingerprint density at radius 1 is 0.906 bits per heavy atom. The normalized spacial score (nSPS) is 10.5. The first kappa shape index (κ1) is 22.8. The van der Waals surface area contributed by atoms with Crippen LogP contribution in [0.15, 0.2) is 54.6 Å². The molecule has 0 unspecified atom stereocenters. The topological polar surface area (TPSA) is 89.4 Å². The van der Waals surface area contributed by atoms with Gasteiger partial charge in [-0.2, -0.15) is 0 Å². The van der Waals surface area contributed by atoms with Crippen molar-refractivity contribution in [2.24, 2.45) is 0 Å². The average molecular weight is 434 g/mol. The molecule has 0 saturated carbocycles. The molecule has 3 aromatic rings. The van der Waals surface area contributed by atoms with E-state index in [-0.39, 0.29) is 24.8 Å². The molecule has 1 heterocycles. The van der Waals surface area contributed by atoms with Gasteiger partial charge in [-0.05, 0) is 62.7 Å². The van der Waals surface area contributed by atoms with Crippen LogP contribution in [0.3, 0.4) is 0 Å². The molecule has 0 atom stereocenters. The van der Waals surface area contributed by atoms with Crippen molar-refractivity contribution in [1.29, 1.82) is 0 Å². The molecule has 0 radical (unpaired) electrons. The zero-order valence-electron chi connectivity index (χ0n) is 18.7. The van der Waals surface area contributed by atoms with Crippen LogP contribution in [-0.4, -0.2) is 36.0 Å². The zero-order valence-corrected chi connectivity index (χ0v) is 18.7. The molecular formula is C25H27N3O4. The van der Waals surface area contributed by atoms with Gasteiger partial charge in [-0.3, -0.25) is 14.4 Å². The summed E-state index contributed by atoms with van der Waals surface area (Å²) in [5, 5.41) is 5.44. The molecule has 0 bridgehead atoms. The maximum atomic E-state index is 13.1. The second kappa shape index (κ2) is 9.96. The van der Waals surface area contributed by atoms with Gasteiger partial charge in [0.2, 0.25) is 5.91 Å². The van der Waals surface area contributed by atoms with Crippen molar-refractivity contribution in [3.63, 3.8) is 0 Å². The highest BCUT2D eigenvalue weighted by molar-refractivity contribution is 6.07. The van der Waals surface area contributed by atoms with Gasteiger partial charge in [0.05, 0.1) is 24.8 Å². The number of carbonyl (C=O) groups excluding carboxylic acids is 3. The molecule has 166 valence electrons. The van der Waals surface area contributed by atoms with Gasteiger partial charge in [0, 0.05) is 17.1 Å². The minimum Gasteiger partial charge on any atom is -0.468 e.